The van der Waals surface area contributed by atoms with Gasteiger partial charge in [0.2, 0.25) is 0 Å². The monoisotopic (exact) mass is 185 g/mol. The van der Waals surface area contributed by atoms with Crippen LogP contribution in [0.15, 0.2) is 12.2 Å². The van der Waals surface area contributed by atoms with Crippen LogP contribution in [0.3, 0.4) is 0 Å². The fraction of sp³-hybridized carbons (Fsp3) is 0.818. The number of rotatable bonds is 7. The van der Waals surface area contributed by atoms with Crippen molar-refractivity contribution in [2.45, 2.75) is 45.6 Å². The summed E-state index contributed by atoms with van der Waals surface area (Å²) in [6.45, 7) is 7.73. The van der Waals surface area contributed by atoms with E-state index in [-0.39, 0.29) is 0 Å². The number of aliphatic hydroxyl groups is 1. The number of hydrogen-bond acceptors (Lipinski definition) is 2. The van der Waals surface area contributed by atoms with Crippen molar-refractivity contribution in [1.29, 1.82) is 0 Å². The lowest BCUT2D eigenvalue weighted by molar-refractivity contribution is 0.0329. The van der Waals surface area contributed by atoms with E-state index in [4.69, 9.17) is 0 Å². The Bertz CT molecular complexity index is 139. The molecule has 0 heterocycles. The number of nitrogens with one attached hydrogen (secondary N) is 1. The lowest BCUT2D eigenvalue weighted by atomic mass is 9.98. The minimum Gasteiger partial charge on any atom is -0.389 e. The highest BCUT2D eigenvalue weighted by Gasteiger charge is 2.20. The maximum Gasteiger partial charge on any atom is 0.0766 e. The molecule has 78 valence electrons. The molecule has 0 saturated heterocycles. The first-order valence-corrected chi connectivity index (χ1v) is 5.22. The van der Waals surface area contributed by atoms with Crippen LogP contribution in [-0.4, -0.2) is 23.8 Å². The summed E-state index contributed by atoms with van der Waals surface area (Å²) in [6, 6.07) is 0. The van der Waals surface area contributed by atoms with Gasteiger partial charge in [-0.2, -0.15) is 0 Å². The Morgan fingerprint density at radius 1 is 1.31 bits per heavy atom. The van der Waals surface area contributed by atoms with Gasteiger partial charge in [0.05, 0.1) is 5.60 Å². The third-order valence-corrected chi connectivity index (χ3v) is 2.49. The van der Waals surface area contributed by atoms with Crippen LogP contribution in [0, 0.1) is 0 Å². The predicted octanol–water partition coefficient (Wildman–Crippen LogP) is 2.09. The van der Waals surface area contributed by atoms with Gasteiger partial charge in [-0.25, -0.2) is 0 Å². The molecule has 0 unspecified atom stereocenters. The van der Waals surface area contributed by atoms with Crippen molar-refractivity contribution in [2.75, 3.05) is 13.1 Å². The van der Waals surface area contributed by atoms with Crippen LogP contribution in [0.25, 0.3) is 0 Å². The van der Waals surface area contributed by atoms with E-state index >= 15 is 0 Å². The van der Waals surface area contributed by atoms with Crippen molar-refractivity contribution in [2.24, 2.45) is 0 Å². The molecule has 2 N–H and O–H groups in total. The molecular formula is C11H23NO. The van der Waals surface area contributed by atoms with Gasteiger partial charge < -0.3 is 10.4 Å². The van der Waals surface area contributed by atoms with Crippen LogP contribution in [0.4, 0.5) is 0 Å². The Morgan fingerprint density at radius 3 is 2.38 bits per heavy atom. The highest BCUT2D eigenvalue weighted by atomic mass is 16.3. The standard InChI is InChI=1S/C11H23NO/c1-4-7-8-9-12-10-11(13,5-2)6-3/h4,7,12-13H,5-6,8-10H2,1-3H3/b7-4+. The lowest BCUT2D eigenvalue weighted by Crippen LogP contribution is -2.39. The van der Waals surface area contributed by atoms with Gasteiger partial charge in [0.15, 0.2) is 0 Å². The number of hydrogen-bond donors (Lipinski definition) is 2. The molecule has 0 bridgehead atoms. The van der Waals surface area contributed by atoms with Gasteiger partial charge in [-0.15, -0.1) is 0 Å². The summed E-state index contributed by atoms with van der Waals surface area (Å²) in [5, 5.41) is 13.2. The maximum absolute atomic E-state index is 9.90. The van der Waals surface area contributed by atoms with Crippen molar-refractivity contribution in [3.05, 3.63) is 12.2 Å². The highest BCUT2D eigenvalue weighted by Crippen LogP contribution is 2.12. The molecule has 0 amide bonds. The highest BCUT2D eigenvalue weighted by molar-refractivity contribution is 4.80. The van der Waals surface area contributed by atoms with Gasteiger partial charge >= 0.3 is 0 Å². The molecular weight excluding hydrogens is 162 g/mol. The van der Waals surface area contributed by atoms with Crippen LogP contribution in [-0.2, 0) is 0 Å². The van der Waals surface area contributed by atoms with Crippen molar-refractivity contribution < 1.29 is 5.11 Å². The fourth-order valence-corrected chi connectivity index (χ4v) is 1.17. The quantitative estimate of drug-likeness (QED) is 0.470. The minimum absolute atomic E-state index is 0.504. The van der Waals surface area contributed by atoms with E-state index in [1.807, 2.05) is 26.8 Å². The third-order valence-electron chi connectivity index (χ3n) is 2.49. The summed E-state index contributed by atoms with van der Waals surface area (Å²) in [5.41, 5.74) is -0.504. The molecule has 0 aromatic rings. The molecule has 2 nitrogen and oxygen atoms in total. The van der Waals surface area contributed by atoms with Crippen molar-refractivity contribution in [3.8, 4) is 0 Å². The first kappa shape index (κ1) is 12.7. The molecule has 0 saturated carbocycles. The van der Waals surface area contributed by atoms with E-state index in [2.05, 4.69) is 11.4 Å². The summed E-state index contributed by atoms with van der Waals surface area (Å²) in [6.07, 6.45) is 6.86. The molecule has 0 aliphatic heterocycles. The van der Waals surface area contributed by atoms with Crippen molar-refractivity contribution >= 4 is 0 Å². The fourth-order valence-electron chi connectivity index (χ4n) is 1.17. The molecule has 0 atom stereocenters. The third kappa shape index (κ3) is 5.83. The Balaban J connectivity index is 3.49. The zero-order valence-electron chi connectivity index (χ0n) is 9.14. The second kappa shape index (κ2) is 7.10. The van der Waals surface area contributed by atoms with Crippen molar-refractivity contribution in [1.82, 2.24) is 5.32 Å². The molecule has 0 spiro atoms. The summed E-state index contributed by atoms with van der Waals surface area (Å²) in [4.78, 5) is 0. The van der Waals surface area contributed by atoms with Crippen molar-refractivity contribution in [3.63, 3.8) is 0 Å². The molecule has 2 heteroatoms. The van der Waals surface area contributed by atoms with Gasteiger partial charge in [-0.1, -0.05) is 26.0 Å². The SMILES string of the molecule is C/C=C/CCNCC(O)(CC)CC. The predicted molar refractivity (Wildman–Crippen MR) is 57.8 cm³/mol. The molecule has 0 aromatic carbocycles. The van der Waals surface area contributed by atoms with E-state index in [0.29, 0.717) is 6.54 Å². The average molecular weight is 185 g/mol. The van der Waals surface area contributed by atoms with Crippen LogP contribution >= 0.6 is 0 Å². The summed E-state index contributed by atoms with van der Waals surface area (Å²) in [7, 11) is 0. The topological polar surface area (TPSA) is 32.3 Å². The Hall–Kier alpha value is -0.340. The van der Waals surface area contributed by atoms with Gasteiger partial charge in [0, 0.05) is 6.54 Å². The Morgan fingerprint density at radius 2 is 1.92 bits per heavy atom. The average Bonchev–Trinajstić information content (AvgIpc) is 2.17. The van der Waals surface area contributed by atoms with E-state index < -0.39 is 5.60 Å². The maximum atomic E-state index is 9.90. The smallest absolute Gasteiger partial charge is 0.0766 e. The van der Waals surface area contributed by atoms with Crippen LogP contribution in [0.2, 0.25) is 0 Å². The second-order valence-corrected chi connectivity index (χ2v) is 3.47. The van der Waals surface area contributed by atoms with Gasteiger partial charge in [0.25, 0.3) is 0 Å². The molecule has 0 aliphatic carbocycles. The number of allylic oxidation sites excluding steroid dienone is 1. The van der Waals surface area contributed by atoms with E-state index in [1.165, 1.54) is 0 Å². The van der Waals surface area contributed by atoms with E-state index in [0.717, 1.165) is 25.8 Å². The summed E-state index contributed by atoms with van der Waals surface area (Å²) < 4.78 is 0. The summed E-state index contributed by atoms with van der Waals surface area (Å²) >= 11 is 0. The zero-order chi connectivity index (χ0) is 10.2. The van der Waals surface area contributed by atoms with Gasteiger partial charge in [-0.3, -0.25) is 0 Å². The molecule has 0 aliphatic rings. The summed E-state index contributed by atoms with van der Waals surface area (Å²) in [5.74, 6) is 0. The van der Waals surface area contributed by atoms with Crippen LogP contribution in [0.1, 0.15) is 40.0 Å². The molecule has 0 aromatic heterocycles. The van der Waals surface area contributed by atoms with Gasteiger partial charge in [-0.05, 0) is 32.7 Å². The second-order valence-electron chi connectivity index (χ2n) is 3.47. The molecule has 0 rings (SSSR count). The van der Waals surface area contributed by atoms with Crippen LogP contribution in [0.5, 0.6) is 0 Å². The van der Waals surface area contributed by atoms with Gasteiger partial charge in [0.1, 0.15) is 0 Å². The first-order chi connectivity index (χ1) is 6.18. The molecule has 0 fully saturated rings. The normalized spacial score (nSPS) is 12.6. The zero-order valence-corrected chi connectivity index (χ0v) is 9.14. The first-order valence-electron chi connectivity index (χ1n) is 5.22. The lowest BCUT2D eigenvalue weighted by Gasteiger charge is -2.25. The largest absolute Gasteiger partial charge is 0.389 e. The van der Waals surface area contributed by atoms with E-state index in [1.54, 1.807) is 0 Å². The van der Waals surface area contributed by atoms with E-state index in [9.17, 15) is 5.11 Å². The van der Waals surface area contributed by atoms with Crippen LogP contribution < -0.4 is 5.32 Å². The Kier molecular flexibility index (Phi) is 6.92. The molecule has 13 heavy (non-hydrogen) atoms. The molecule has 0 radical (unpaired) electrons. The Labute approximate surface area is 82.0 Å². The minimum atomic E-state index is -0.504.